The van der Waals surface area contributed by atoms with Crippen LogP contribution in [0.25, 0.3) is 11.3 Å². The Hall–Kier alpha value is -2.68. The van der Waals surface area contributed by atoms with Gasteiger partial charge < -0.3 is 59.4 Å². The monoisotopic (exact) mass is 640 g/mol. The summed E-state index contributed by atoms with van der Waals surface area (Å²) in [4.78, 5) is 16.2. The first-order chi connectivity index (χ1) is 21.6. The second-order valence-electron chi connectivity index (χ2n) is 11.5. The first-order valence-corrected chi connectivity index (χ1v) is 14.9. The van der Waals surface area contributed by atoms with Gasteiger partial charge >= 0.3 is 5.97 Å². The fourth-order valence-electron chi connectivity index (χ4n) is 5.74. The van der Waals surface area contributed by atoms with E-state index < -0.39 is 92.3 Å². The summed E-state index contributed by atoms with van der Waals surface area (Å²) in [5, 5.41) is 80.5. The van der Waals surface area contributed by atoms with E-state index in [2.05, 4.69) is 15.3 Å². The van der Waals surface area contributed by atoms with Gasteiger partial charge in [0.05, 0.1) is 37.7 Å². The molecule has 17 nitrogen and oxygen atoms in total. The Kier molecular flexibility index (Phi) is 11.1. The fraction of sp³-hybridized carbons (Fsp3) is 0.714. The molecule has 2 aromatic heterocycles. The molecular weight excluding hydrogens is 600 g/mol. The Morgan fingerprint density at radius 2 is 1.69 bits per heavy atom. The molecule has 17 heteroatoms. The third-order valence-corrected chi connectivity index (χ3v) is 8.34. The average Bonchev–Trinajstić information content (AvgIpc) is 3.51. The SMILES string of the molecule is C[C@@H]1O[C@@H](O[C@@H]2CCCC[C@H]2O[C@@H]2O[C@H](CO)[C@H](O)[C@H](O[C@@H](Cn3cc(-c4cccnc4)nn3)C(=O)O)[C@H]2O)[C@@H](O)[C@H](O)[C@@H]1O. The third-order valence-electron chi connectivity index (χ3n) is 8.34. The molecule has 2 aromatic rings. The van der Waals surface area contributed by atoms with Crippen molar-refractivity contribution in [3.05, 3.63) is 30.7 Å². The molecule has 7 N–H and O–H groups in total. The summed E-state index contributed by atoms with van der Waals surface area (Å²) in [5.41, 5.74) is 1.11. The molecule has 3 aliphatic rings. The molecule has 250 valence electrons. The van der Waals surface area contributed by atoms with Gasteiger partial charge in [0.1, 0.15) is 48.4 Å². The number of carbonyl (C=O) groups is 1. The van der Waals surface area contributed by atoms with Gasteiger partial charge in [-0.05, 0) is 31.9 Å². The summed E-state index contributed by atoms with van der Waals surface area (Å²) >= 11 is 0. The number of aliphatic hydroxyl groups is 6. The largest absolute Gasteiger partial charge is 0.479 e. The number of aliphatic hydroxyl groups excluding tert-OH is 6. The van der Waals surface area contributed by atoms with Crippen LogP contribution in [-0.2, 0) is 35.0 Å². The molecule has 2 saturated heterocycles. The molecule has 3 fully saturated rings. The minimum absolute atomic E-state index is 0.323. The number of rotatable bonds is 11. The summed E-state index contributed by atoms with van der Waals surface area (Å²) in [7, 11) is 0. The smallest absolute Gasteiger partial charge is 0.334 e. The number of carboxylic acids is 1. The quantitative estimate of drug-likeness (QED) is 0.138. The highest BCUT2D eigenvalue weighted by atomic mass is 16.7. The van der Waals surface area contributed by atoms with E-state index in [1.54, 1.807) is 24.5 Å². The predicted molar refractivity (Wildman–Crippen MR) is 148 cm³/mol. The van der Waals surface area contributed by atoms with Gasteiger partial charge in [0, 0.05) is 18.0 Å². The van der Waals surface area contributed by atoms with Crippen LogP contribution in [0.3, 0.4) is 0 Å². The molecular formula is C28H40N4O13. The molecule has 0 spiro atoms. The van der Waals surface area contributed by atoms with Crippen LogP contribution in [0.15, 0.2) is 30.7 Å². The van der Waals surface area contributed by atoms with E-state index in [0.29, 0.717) is 24.1 Å². The minimum atomic E-state index is -1.69. The van der Waals surface area contributed by atoms with E-state index in [0.717, 1.165) is 12.8 Å². The molecule has 0 amide bonds. The van der Waals surface area contributed by atoms with Crippen LogP contribution in [-0.4, -0.2) is 148 Å². The van der Waals surface area contributed by atoms with Crippen molar-refractivity contribution in [2.24, 2.45) is 0 Å². The topological polar surface area (TPSA) is 248 Å². The van der Waals surface area contributed by atoms with Gasteiger partial charge in [0.15, 0.2) is 18.7 Å². The molecule has 0 bridgehead atoms. The molecule has 5 rings (SSSR count). The van der Waals surface area contributed by atoms with E-state index >= 15 is 0 Å². The molecule has 2 aliphatic heterocycles. The molecule has 1 saturated carbocycles. The van der Waals surface area contributed by atoms with Crippen molar-refractivity contribution in [3.8, 4) is 11.3 Å². The van der Waals surface area contributed by atoms with Crippen molar-refractivity contribution in [1.29, 1.82) is 0 Å². The zero-order valence-electron chi connectivity index (χ0n) is 24.5. The van der Waals surface area contributed by atoms with E-state index in [1.165, 1.54) is 17.8 Å². The van der Waals surface area contributed by atoms with Crippen LogP contribution in [0.2, 0.25) is 0 Å². The normalized spacial score (nSPS) is 38.1. The van der Waals surface area contributed by atoms with Gasteiger partial charge in [-0.25, -0.2) is 9.48 Å². The van der Waals surface area contributed by atoms with Gasteiger partial charge in [0.2, 0.25) is 0 Å². The molecule has 4 heterocycles. The standard InChI is InChI=1S/C28H40N4O13/c1-13-20(34)22(36)23(37)27(41-13)43-16-6-2-3-7-17(16)44-28-24(38)25(21(35)19(12-33)45-28)42-18(26(39)40)11-32-10-15(30-31-32)14-5-4-8-29-9-14/h4-5,8-10,13,16-25,27-28,33-38H,2-3,6-7,11-12H2,1H3,(H,39,40)/t13-,16+,17+,18-,19+,20+,21-,22+,23-,24+,25-,27-,28+/m0/s1. The minimum Gasteiger partial charge on any atom is -0.479 e. The lowest BCUT2D eigenvalue weighted by atomic mass is 9.93. The number of hydrogen-bond acceptors (Lipinski definition) is 15. The van der Waals surface area contributed by atoms with Crippen molar-refractivity contribution in [3.63, 3.8) is 0 Å². The number of carboxylic acid groups (broad SMARTS) is 1. The van der Waals surface area contributed by atoms with Gasteiger partial charge in [-0.15, -0.1) is 5.10 Å². The van der Waals surface area contributed by atoms with Crippen LogP contribution in [0.4, 0.5) is 0 Å². The maximum absolute atomic E-state index is 12.2. The van der Waals surface area contributed by atoms with E-state index in [-0.39, 0.29) is 6.54 Å². The Morgan fingerprint density at radius 3 is 2.31 bits per heavy atom. The van der Waals surface area contributed by atoms with Gasteiger partial charge in [-0.3, -0.25) is 4.98 Å². The number of pyridine rings is 1. The summed E-state index contributed by atoms with van der Waals surface area (Å²) < 4.78 is 30.3. The van der Waals surface area contributed by atoms with Crippen LogP contribution >= 0.6 is 0 Å². The Bertz CT molecular complexity index is 1240. The fourth-order valence-corrected chi connectivity index (χ4v) is 5.74. The second kappa shape index (κ2) is 14.8. The van der Waals surface area contributed by atoms with Crippen LogP contribution in [0.5, 0.6) is 0 Å². The van der Waals surface area contributed by atoms with Crippen molar-refractivity contribution in [2.75, 3.05) is 6.61 Å². The molecule has 13 atom stereocenters. The summed E-state index contributed by atoms with van der Waals surface area (Å²) in [6.07, 6.45) is -9.94. The van der Waals surface area contributed by atoms with Gasteiger partial charge in [-0.2, -0.15) is 0 Å². The van der Waals surface area contributed by atoms with Gasteiger partial charge in [0.25, 0.3) is 0 Å². The summed E-state index contributed by atoms with van der Waals surface area (Å²) in [6.45, 7) is 0.522. The lowest BCUT2D eigenvalue weighted by molar-refractivity contribution is -0.345. The van der Waals surface area contributed by atoms with Crippen LogP contribution < -0.4 is 0 Å². The molecule has 45 heavy (non-hydrogen) atoms. The van der Waals surface area contributed by atoms with E-state index in [9.17, 15) is 40.5 Å². The number of ether oxygens (including phenoxy) is 5. The first kappa shape index (κ1) is 33.7. The molecule has 1 aliphatic carbocycles. The Balaban J connectivity index is 1.27. The Labute approximate surface area is 257 Å². The number of aromatic nitrogens is 4. The van der Waals surface area contributed by atoms with Crippen molar-refractivity contribution < 1.29 is 64.2 Å². The Morgan fingerprint density at radius 1 is 1.00 bits per heavy atom. The molecule has 0 radical (unpaired) electrons. The van der Waals surface area contributed by atoms with Crippen molar-refractivity contribution in [1.82, 2.24) is 20.0 Å². The van der Waals surface area contributed by atoms with Gasteiger partial charge in [-0.1, -0.05) is 18.1 Å². The highest BCUT2D eigenvalue weighted by Crippen LogP contribution is 2.33. The van der Waals surface area contributed by atoms with E-state index in [1.807, 2.05) is 0 Å². The van der Waals surface area contributed by atoms with E-state index in [4.69, 9.17) is 23.7 Å². The first-order valence-electron chi connectivity index (χ1n) is 14.9. The number of nitrogens with zero attached hydrogens (tertiary/aromatic N) is 4. The lowest BCUT2D eigenvalue weighted by Crippen LogP contribution is -2.62. The number of aliphatic carboxylic acids is 1. The lowest BCUT2D eigenvalue weighted by Gasteiger charge is -2.45. The highest BCUT2D eigenvalue weighted by molar-refractivity contribution is 5.72. The maximum atomic E-state index is 12.2. The zero-order chi connectivity index (χ0) is 32.2. The third kappa shape index (κ3) is 7.66. The molecule has 0 unspecified atom stereocenters. The number of hydrogen-bond donors (Lipinski definition) is 7. The second-order valence-corrected chi connectivity index (χ2v) is 11.5. The predicted octanol–water partition coefficient (Wildman–Crippen LogP) is -2.21. The average molecular weight is 641 g/mol. The summed E-state index contributed by atoms with van der Waals surface area (Å²) in [5.74, 6) is -1.40. The molecule has 0 aromatic carbocycles. The van der Waals surface area contributed by atoms with Crippen LogP contribution in [0, 0.1) is 0 Å². The van der Waals surface area contributed by atoms with Crippen LogP contribution in [0.1, 0.15) is 32.6 Å². The highest BCUT2D eigenvalue weighted by Gasteiger charge is 2.50. The maximum Gasteiger partial charge on any atom is 0.334 e. The summed E-state index contributed by atoms with van der Waals surface area (Å²) in [6, 6.07) is 3.48. The zero-order valence-corrected chi connectivity index (χ0v) is 24.5. The van der Waals surface area contributed by atoms with Crippen molar-refractivity contribution >= 4 is 5.97 Å². The van der Waals surface area contributed by atoms with Crippen molar-refractivity contribution in [2.45, 2.75) is 119 Å².